The molecule has 1 saturated carbocycles. The zero-order valence-corrected chi connectivity index (χ0v) is 17.6. The van der Waals surface area contributed by atoms with Crippen molar-refractivity contribution >= 4 is 11.9 Å². The first kappa shape index (κ1) is 21.3. The average Bonchev–Trinajstić information content (AvgIpc) is 3.45. The molecule has 2 aromatic rings. The lowest BCUT2D eigenvalue weighted by Gasteiger charge is -2.37. The SMILES string of the molecule is COC(=O)[C@@H]1CN(CC2CC2)CC[C@H]1NC(=O)c1cc(-c2ccc(OC)cc2F)on1. The van der Waals surface area contributed by atoms with Crippen LogP contribution < -0.4 is 10.1 Å². The quantitative estimate of drug-likeness (QED) is 0.673. The molecule has 9 heteroatoms. The molecular formula is C22H26FN3O5. The summed E-state index contributed by atoms with van der Waals surface area (Å²) in [5.74, 6) is -0.584. The number of nitrogens with zero attached hydrogens (tertiary/aromatic N) is 2. The van der Waals surface area contributed by atoms with Gasteiger partial charge in [0.25, 0.3) is 5.91 Å². The maximum Gasteiger partial charge on any atom is 0.312 e. The minimum atomic E-state index is -0.545. The highest BCUT2D eigenvalue weighted by Gasteiger charge is 2.38. The highest BCUT2D eigenvalue weighted by Crippen LogP contribution is 2.32. The summed E-state index contributed by atoms with van der Waals surface area (Å²) in [7, 11) is 2.80. The molecule has 8 nitrogen and oxygen atoms in total. The largest absolute Gasteiger partial charge is 0.497 e. The van der Waals surface area contributed by atoms with Gasteiger partial charge in [-0.15, -0.1) is 0 Å². The standard InChI is InChI=1S/C22H26FN3O5/c1-29-14-5-6-15(17(23)9-14)20-10-19(25-31-20)21(27)24-18-7-8-26(11-13-3-4-13)12-16(18)22(28)30-2/h5-6,9-10,13,16,18H,3-4,7-8,11-12H2,1-2H3,(H,24,27)/t16-,18-/m1/s1. The molecule has 0 bridgehead atoms. The van der Waals surface area contributed by atoms with Crippen LogP contribution in [0.2, 0.25) is 0 Å². The van der Waals surface area contributed by atoms with Crippen molar-refractivity contribution in [3.8, 4) is 17.1 Å². The zero-order chi connectivity index (χ0) is 22.0. The summed E-state index contributed by atoms with van der Waals surface area (Å²) in [6, 6.07) is 5.34. The Balaban J connectivity index is 1.44. The summed E-state index contributed by atoms with van der Waals surface area (Å²) < 4.78 is 29.4. The average molecular weight is 431 g/mol. The first-order chi connectivity index (χ1) is 15.0. The Bertz CT molecular complexity index is 958. The van der Waals surface area contributed by atoms with Crippen molar-refractivity contribution in [2.24, 2.45) is 11.8 Å². The van der Waals surface area contributed by atoms with Crippen molar-refractivity contribution in [1.29, 1.82) is 0 Å². The summed E-state index contributed by atoms with van der Waals surface area (Å²) in [5.41, 5.74) is 0.197. The Morgan fingerprint density at radius 3 is 2.74 bits per heavy atom. The molecule has 1 N–H and O–H groups in total. The molecule has 4 rings (SSSR count). The van der Waals surface area contributed by atoms with Gasteiger partial charge in [0.2, 0.25) is 0 Å². The number of aromatic nitrogens is 1. The van der Waals surface area contributed by atoms with E-state index in [1.807, 2.05) is 0 Å². The number of ether oxygens (including phenoxy) is 2. The predicted molar refractivity (Wildman–Crippen MR) is 109 cm³/mol. The van der Waals surface area contributed by atoms with Gasteiger partial charge in [-0.05, 0) is 37.3 Å². The van der Waals surface area contributed by atoms with Crippen molar-refractivity contribution in [3.05, 3.63) is 35.8 Å². The molecule has 166 valence electrons. The fraction of sp³-hybridized carbons (Fsp3) is 0.500. The van der Waals surface area contributed by atoms with E-state index in [1.165, 1.54) is 45.3 Å². The number of hydrogen-bond acceptors (Lipinski definition) is 7. The summed E-state index contributed by atoms with van der Waals surface area (Å²) in [6.45, 7) is 2.33. The number of halogens is 1. The van der Waals surface area contributed by atoms with Crippen LogP contribution >= 0.6 is 0 Å². The molecule has 31 heavy (non-hydrogen) atoms. The van der Waals surface area contributed by atoms with E-state index in [-0.39, 0.29) is 29.0 Å². The van der Waals surface area contributed by atoms with Crippen LogP contribution in [0.3, 0.4) is 0 Å². The van der Waals surface area contributed by atoms with E-state index in [2.05, 4.69) is 15.4 Å². The van der Waals surface area contributed by atoms with Crippen molar-refractivity contribution in [2.45, 2.75) is 25.3 Å². The fourth-order valence-electron chi connectivity index (χ4n) is 3.99. The van der Waals surface area contributed by atoms with Crippen LogP contribution in [0.5, 0.6) is 5.75 Å². The number of likely N-dealkylation sites (tertiary alicyclic amines) is 1. The number of carbonyl (C=O) groups is 2. The number of amides is 1. The van der Waals surface area contributed by atoms with Crippen LogP contribution in [-0.4, -0.2) is 61.8 Å². The third-order valence-electron chi connectivity index (χ3n) is 5.92. The summed E-state index contributed by atoms with van der Waals surface area (Å²) in [5, 5.41) is 6.67. The highest BCUT2D eigenvalue weighted by molar-refractivity contribution is 5.93. The predicted octanol–water partition coefficient (Wildman–Crippen LogP) is 2.49. The number of hydrogen-bond donors (Lipinski definition) is 1. The zero-order valence-electron chi connectivity index (χ0n) is 17.6. The van der Waals surface area contributed by atoms with Crippen LogP contribution in [-0.2, 0) is 9.53 Å². The Kier molecular flexibility index (Phi) is 6.22. The van der Waals surface area contributed by atoms with E-state index < -0.39 is 17.6 Å². The van der Waals surface area contributed by atoms with Gasteiger partial charge in [-0.25, -0.2) is 4.39 Å². The molecule has 1 amide bonds. The van der Waals surface area contributed by atoms with Crippen molar-refractivity contribution in [2.75, 3.05) is 33.9 Å². The molecular weight excluding hydrogens is 405 g/mol. The molecule has 2 aliphatic rings. The van der Waals surface area contributed by atoms with Crippen LogP contribution in [0, 0.1) is 17.7 Å². The molecule has 1 saturated heterocycles. The lowest BCUT2D eigenvalue weighted by atomic mass is 9.91. The van der Waals surface area contributed by atoms with Gasteiger partial charge in [-0.1, -0.05) is 5.16 Å². The minimum absolute atomic E-state index is 0.0224. The number of methoxy groups -OCH3 is 2. The lowest BCUT2D eigenvalue weighted by Crippen LogP contribution is -2.54. The molecule has 1 aromatic carbocycles. The van der Waals surface area contributed by atoms with E-state index in [1.54, 1.807) is 6.07 Å². The van der Waals surface area contributed by atoms with Crippen molar-refractivity contribution in [3.63, 3.8) is 0 Å². The molecule has 2 atom stereocenters. The van der Waals surface area contributed by atoms with Crippen LogP contribution in [0.25, 0.3) is 11.3 Å². The number of piperidine rings is 1. The van der Waals surface area contributed by atoms with Crippen LogP contribution in [0.1, 0.15) is 29.8 Å². The molecule has 1 aromatic heterocycles. The Morgan fingerprint density at radius 1 is 1.26 bits per heavy atom. The van der Waals surface area contributed by atoms with Gasteiger partial charge in [0.05, 0.1) is 25.7 Å². The number of carbonyl (C=O) groups excluding carboxylic acids is 2. The van der Waals surface area contributed by atoms with E-state index >= 15 is 0 Å². The van der Waals surface area contributed by atoms with Gasteiger partial charge >= 0.3 is 5.97 Å². The maximum absolute atomic E-state index is 14.3. The monoisotopic (exact) mass is 431 g/mol. The van der Waals surface area contributed by atoms with Gasteiger partial charge in [-0.3, -0.25) is 9.59 Å². The van der Waals surface area contributed by atoms with Crippen molar-refractivity contribution < 1.29 is 28.0 Å². The Morgan fingerprint density at radius 2 is 2.06 bits per heavy atom. The van der Waals surface area contributed by atoms with Gasteiger partial charge in [0.1, 0.15) is 11.6 Å². The number of nitrogens with one attached hydrogen (secondary N) is 1. The molecule has 1 aliphatic carbocycles. The number of rotatable bonds is 7. The minimum Gasteiger partial charge on any atom is -0.497 e. The highest BCUT2D eigenvalue weighted by atomic mass is 19.1. The van der Waals surface area contributed by atoms with E-state index in [0.29, 0.717) is 18.7 Å². The Labute approximate surface area is 179 Å². The van der Waals surface area contributed by atoms with Crippen LogP contribution in [0.15, 0.2) is 28.8 Å². The molecule has 0 radical (unpaired) electrons. The van der Waals surface area contributed by atoms with E-state index in [0.717, 1.165) is 19.0 Å². The maximum atomic E-state index is 14.3. The van der Waals surface area contributed by atoms with Gasteiger partial charge in [0.15, 0.2) is 11.5 Å². The second-order valence-corrected chi connectivity index (χ2v) is 8.12. The topological polar surface area (TPSA) is 93.9 Å². The van der Waals surface area contributed by atoms with E-state index in [4.69, 9.17) is 14.0 Å². The first-order valence-electron chi connectivity index (χ1n) is 10.4. The molecule has 2 heterocycles. The third kappa shape index (κ3) is 4.87. The Hall–Kier alpha value is -2.94. The first-order valence-corrected chi connectivity index (χ1v) is 10.4. The smallest absolute Gasteiger partial charge is 0.312 e. The number of esters is 1. The summed E-state index contributed by atoms with van der Waals surface area (Å²) in [6.07, 6.45) is 3.11. The third-order valence-corrected chi connectivity index (χ3v) is 5.92. The molecule has 0 spiro atoms. The summed E-state index contributed by atoms with van der Waals surface area (Å²) in [4.78, 5) is 27.4. The van der Waals surface area contributed by atoms with Crippen LogP contribution in [0.4, 0.5) is 4.39 Å². The second-order valence-electron chi connectivity index (χ2n) is 8.12. The fourth-order valence-corrected chi connectivity index (χ4v) is 3.99. The van der Waals surface area contributed by atoms with Gasteiger partial charge in [0, 0.05) is 37.8 Å². The molecule has 2 fully saturated rings. The molecule has 0 unspecified atom stereocenters. The van der Waals surface area contributed by atoms with Gasteiger partial charge < -0.3 is 24.2 Å². The lowest BCUT2D eigenvalue weighted by molar-refractivity contribution is -0.148. The van der Waals surface area contributed by atoms with E-state index in [9.17, 15) is 14.0 Å². The van der Waals surface area contributed by atoms with Crippen molar-refractivity contribution in [1.82, 2.24) is 15.4 Å². The number of benzene rings is 1. The molecule has 1 aliphatic heterocycles. The normalized spacial score (nSPS) is 21.5. The summed E-state index contributed by atoms with van der Waals surface area (Å²) >= 11 is 0. The van der Waals surface area contributed by atoms with Gasteiger partial charge in [-0.2, -0.15) is 0 Å². The second kappa shape index (κ2) is 9.05.